The lowest BCUT2D eigenvalue weighted by Crippen LogP contribution is -2.61. The maximum atomic E-state index is 14.0. The second-order valence-electron chi connectivity index (χ2n) is 12.9. The predicted octanol–water partition coefficient (Wildman–Crippen LogP) is 2.20. The van der Waals surface area contributed by atoms with Crippen molar-refractivity contribution in [1.29, 1.82) is 5.26 Å². The van der Waals surface area contributed by atoms with Crippen molar-refractivity contribution in [3.8, 4) is 6.07 Å². The van der Waals surface area contributed by atoms with E-state index < -0.39 is 17.7 Å². The molecule has 2 amide bonds. The summed E-state index contributed by atoms with van der Waals surface area (Å²) >= 11 is 0. The van der Waals surface area contributed by atoms with Crippen LogP contribution in [0.5, 0.6) is 0 Å². The molecule has 1 unspecified atom stereocenters. The van der Waals surface area contributed by atoms with Gasteiger partial charge in [-0.05, 0) is 31.1 Å². The first-order valence-corrected chi connectivity index (χ1v) is 16.5. The number of nitrogens with one attached hydrogen (secondary N) is 2. The highest BCUT2D eigenvalue weighted by Gasteiger charge is 2.39. The molecular formula is C31H53N7O5. The minimum atomic E-state index is -0.911. The number of carbonyl (C=O) groups excluding carboxylic acids is 2. The summed E-state index contributed by atoms with van der Waals surface area (Å²) in [5.74, 6) is 0.731. The number of rotatable bonds is 10. The molecular weight excluding hydrogens is 550 g/mol. The molecule has 1 saturated carbocycles. The van der Waals surface area contributed by atoms with E-state index in [4.69, 9.17) is 14.2 Å². The molecule has 0 aromatic rings. The molecule has 0 radical (unpaired) electrons. The molecule has 242 valence electrons. The van der Waals surface area contributed by atoms with Gasteiger partial charge in [0.25, 0.3) is 0 Å². The van der Waals surface area contributed by atoms with Gasteiger partial charge in [0, 0.05) is 52.4 Å². The zero-order valence-corrected chi connectivity index (χ0v) is 26.4. The summed E-state index contributed by atoms with van der Waals surface area (Å²) in [5.41, 5.74) is -0.911. The van der Waals surface area contributed by atoms with Gasteiger partial charge in [-0.15, -0.1) is 4.99 Å². The van der Waals surface area contributed by atoms with Gasteiger partial charge in [-0.25, -0.2) is 4.79 Å². The number of nitrogens with zero attached hydrogens (tertiary/aromatic N) is 5. The minimum absolute atomic E-state index is 0.191. The average Bonchev–Trinajstić information content (AvgIpc) is 3.04. The van der Waals surface area contributed by atoms with Crippen molar-refractivity contribution in [2.75, 3.05) is 85.4 Å². The van der Waals surface area contributed by atoms with Crippen molar-refractivity contribution in [2.45, 2.75) is 76.8 Å². The van der Waals surface area contributed by atoms with E-state index in [9.17, 15) is 14.9 Å². The number of morpholine rings is 2. The Labute approximate surface area is 257 Å². The number of likely N-dealkylation sites (tertiary alicyclic amines) is 1. The molecule has 43 heavy (non-hydrogen) atoms. The fourth-order valence-electron chi connectivity index (χ4n) is 6.32. The lowest BCUT2D eigenvalue weighted by atomic mass is 9.84. The Morgan fingerprint density at radius 2 is 1.56 bits per heavy atom. The summed E-state index contributed by atoms with van der Waals surface area (Å²) in [6.45, 7) is 13.4. The number of hydrogen-bond donors (Lipinski definition) is 2. The largest absolute Gasteiger partial charge is 0.448 e. The highest BCUT2D eigenvalue weighted by Crippen LogP contribution is 2.28. The van der Waals surface area contributed by atoms with Gasteiger partial charge < -0.3 is 34.6 Å². The van der Waals surface area contributed by atoms with Crippen molar-refractivity contribution in [2.24, 2.45) is 16.8 Å². The van der Waals surface area contributed by atoms with Crippen molar-refractivity contribution in [3.63, 3.8) is 0 Å². The first-order valence-electron chi connectivity index (χ1n) is 16.5. The van der Waals surface area contributed by atoms with E-state index in [0.717, 1.165) is 78.2 Å². The molecule has 4 rings (SSSR count). The number of nitriles is 1. The second-order valence-corrected chi connectivity index (χ2v) is 12.9. The van der Waals surface area contributed by atoms with Gasteiger partial charge in [-0.2, -0.15) is 5.26 Å². The molecule has 1 aliphatic carbocycles. The summed E-state index contributed by atoms with van der Waals surface area (Å²) in [6, 6.07) is 1.85. The third kappa shape index (κ3) is 10.9. The second kappa shape index (κ2) is 17.1. The van der Waals surface area contributed by atoms with Gasteiger partial charge >= 0.3 is 6.09 Å². The Morgan fingerprint density at radius 1 is 0.953 bits per heavy atom. The van der Waals surface area contributed by atoms with Crippen LogP contribution in [0.4, 0.5) is 4.79 Å². The van der Waals surface area contributed by atoms with Crippen LogP contribution >= 0.6 is 0 Å². The molecule has 3 saturated heterocycles. The third-order valence-electron chi connectivity index (χ3n) is 9.08. The molecule has 4 aliphatic rings. The van der Waals surface area contributed by atoms with E-state index >= 15 is 0 Å². The number of carbonyl (C=O) groups is 2. The Morgan fingerprint density at radius 3 is 2.16 bits per heavy atom. The normalized spacial score (nSPS) is 23.4. The zero-order valence-electron chi connectivity index (χ0n) is 26.4. The Bertz CT molecular complexity index is 945. The zero-order chi connectivity index (χ0) is 30.5. The van der Waals surface area contributed by atoms with Crippen LogP contribution in [-0.4, -0.2) is 130 Å². The summed E-state index contributed by atoms with van der Waals surface area (Å²) in [7, 11) is 0. The average molecular weight is 604 g/mol. The number of guanidine groups is 1. The van der Waals surface area contributed by atoms with E-state index in [0.29, 0.717) is 57.4 Å². The van der Waals surface area contributed by atoms with Crippen LogP contribution in [0.3, 0.4) is 0 Å². The maximum Gasteiger partial charge on any atom is 0.436 e. The number of hydrogen-bond acceptors (Lipinski definition) is 8. The van der Waals surface area contributed by atoms with Crippen LogP contribution < -0.4 is 10.6 Å². The molecule has 0 aromatic heterocycles. The van der Waals surface area contributed by atoms with Crippen molar-refractivity contribution in [3.05, 3.63) is 0 Å². The van der Waals surface area contributed by atoms with Gasteiger partial charge in [0.1, 0.15) is 11.6 Å². The fraction of sp³-hybridized carbons (Fsp3) is 0.871. The number of ether oxygens (including phenoxy) is 3. The van der Waals surface area contributed by atoms with Crippen molar-refractivity contribution in [1.82, 2.24) is 25.3 Å². The Hall–Kier alpha value is -2.46. The quantitative estimate of drug-likeness (QED) is 0.283. The topological polar surface area (TPSA) is 132 Å². The van der Waals surface area contributed by atoms with E-state index in [-0.39, 0.29) is 18.4 Å². The standard InChI is InChI=1S/C31H53N7O5/c1-25(2)23-43-30(40)34-29(38-16-20-42-21-17-38)33-27(22-26-6-4-3-5-7-26)28(39)35-31(24-32)8-10-36(11-9-31)12-13-37-14-18-41-19-15-37/h25-27H,3-23H2,1-2H3,(H,35,39)(H,33,34,40). The van der Waals surface area contributed by atoms with Gasteiger partial charge in [0.05, 0.1) is 39.1 Å². The first-order chi connectivity index (χ1) is 20.9. The molecule has 1 atom stereocenters. The van der Waals surface area contributed by atoms with Crippen molar-refractivity contribution >= 4 is 18.0 Å². The fourth-order valence-corrected chi connectivity index (χ4v) is 6.32. The molecule has 4 fully saturated rings. The summed E-state index contributed by atoms with van der Waals surface area (Å²) in [5, 5.41) is 16.8. The highest BCUT2D eigenvalue weighted by atomic mass is 16.5. The maximum absolute atomic E-state index is 14.0. The van der Waals surface area contributed by atoms with Gasteiger partial charge in [0.2, 0.25) is 11.9 Å². The van der Waals surface area contributed by atoms with E-state index in [1.54, 1.807) is 0 Å². The molecule has 0 aromatic carbocycles. The molecule has 0 bridgehead atoms. The van der Waals surface area contributed by atoms with Gasteiger partial charge in [-0.1, -0.05) is 46.0 Å². The first kappa shape index (κ1) is 33.4. The van der Waals surface area contributed by atoms with Crippen LogP contribution in [0.25, 0.3) is 0 Å². The molecule has 0 spiro atoms. The monoisotopic (exact) mass is 603 g/mol. The van der Waals surface area contributed by atoms with Crippen LogP contribution in [0.1, 0.15) is 65.2 Å². The SMILES string of the molecule is CC(C)COC(=O)/N=C(\NC(CC1CCCCC1)C(=O)NC1(C#N)CCN(CCN2CCOCC2)CC1)N1CCOCC1. The number of aliphatic imine (C=N–C) groups is 1. The molecule has 3 aliphatic heterocycles. The predicted molar refractivity (Wildman–Crippen MR) is 164 cm³/mol. The minimum Gasteiger partial charge on any atom is -0.448 e. The molecule has 12 heteroatoms. The van der Waals surface area contributed by atoms with E-state index in [1.165, 1.54) is 6.42 Å². The molecule has 12 nitrogen and oxygen atoms in total. The molecule has 3 heterocycles. The van der Waals surface area contributed by atoms with Crippen LogP contribution in [0.2, 0.25) is 0 Å². The van der Waals surface area contributed by atoms with Crippen molar-refractivity contribution < 1.29 is 23.8 Å². The van der Waals surface area contributed by atoms with Gasteiger partial charge in [-0.3, -0.25) is 9.69 Å². The van der Waals surface area contributed by atoms with Crippen LogP contribution in [0.15, 0.2) is 4.99 Å². The molecule has 2 N–H and O–H groups in total. The number of amides is 2. The summed E-state index contributed by atoms with van der Waals surface area (Å²) < 4.78 is 16.3. The Kier molecular flexibility index (Phi) is 13.3. The Balaban J connectivity index is 1.42. The van der Waals surface area contributed by atoms with Crippen LogP contribution in [-0.2, 0) is 19.0 Å². The van der Waals surface area contributed by atoms with Gasteiger partial charge in [0.15, 0.2) is 0 Å². The summed E-state index contributed by atoms with van der Waals surface area (Å²) in [6.07, 6.45) is 6.83. The third-order valence-corrected chi connectivity index (χ3v) is 9.08. The lowest BCUT2D eigenvalue weighted by Gasteiger charge is -2.40. The highest BCUT2D eigenvalue weighted by molar-refractivity contribution is 5.94. The lowest BCUT2D eigenvalue weighted by molar-refractivity contribution is -0.125. The van der Waals surface area contributed by atoms with E-state index in [2.05, 4.69) is 31.5 Å². The summed E-state index contributed by atoms with van der Waals surface area (Å²) in [4.78, 5) is 37.7. The van der Waals surface area contributed by atoms with E-state index in [1.807, 2.05) is 18.7 Å². The smallest absolute Gasteiger partial charge is 0.436 e. The van der Waals surface area contributed by atoms with Crippen LogP contribution in [0, 0.1) is 23.2 Å². The number of piperidine rings is 1.